The third-order valence-corrected chi connectivity index (χ3v) is 5.20. The van der Waals surface area contributed by atoms with Gasteiger partial charge in [-0.1, -0.05) is 36.4 Å². The molecule has 1 aromatic heterocycles. The number of hydrogen-bond acceptors (Lipinski definition) is 4. The SMILES string of the molecule is COC(=O)C(C)(N)c1ccc2c(c1)c(CC(N)=O)c(C)n2Cc1ccccc1. The Morgan fingerprint density at radius 3 is 2.43 bits per heavy atom. The highest BCUT2D eigenvalue weighted by Crippen LogP contribution is 2.31. The van der Waals surface area contributed by atoms with Gasteiger partial charge in [0.25, 0.3) is 0 Å². The molecule has 0 bridgehead atoms. The van der Waals surface area contributed by atoms with E-state index in [1.807, 2.05) is 43.3 Å². The molecule has 0 spiro atoms. The fourth-order valence-electron chi connectivity index (χ4n) is 3.57. The van der Waals surface area contributed by atoms with Gasteiger partial charge in [-0.3, -0.25) is 4.79 Å². The fourth-order valence-corrected chi connectivity index (χ4v) is 3.57. The van der Waals surface area contributed by atoms with Crippen molar-refractivity contribution in [2.75, 3.05) is 7.11 Å². The maximum atomic E-state index is 12.1. The molecule has 1 amide bonds. The number of primary amides is 1. The number of carbonyl (C=O) groups excluding carboxylic acids is 2. The van der Waals surface area contributed by atoms with Crippen LogP contribution in [0.4, 0.5) is 0 Å². The van der Waals surface area contributed by atoms with Crippen LogP contribution in [0.1, 0.15) is 29.3 Å². The third kappa shape index (κ3) is 3.51. The number of aromatic nitrogens is 1. The lowest BCUT2D eigenvalue weighted by molar-refractivity contribution is -0.146. The van der Waals surface area contributed by atoms with Crippen LogP contribution in [0.15, 0.2) is 48.5 Å². The lowest BCUT2D eigenvalue weighted by atomic mass is 9.91. The Morgan fingerprint density at radius 1 is 1.14 bits per heavy atom. The van der Waals surface area contributed by atoms with Crippen LogP contribution in [0.5, 0.6) is 0 Å². The van der Waals surface area contributed by atoms with Gasteiger partial charge in [0.1, 0.15) is 5.54 Å². The average molecular weight is 379 g/mol. The van der Waals surface area contributed by atoms with E-state index in [2.05, 4.69) is 16.7 Å². The van der Waals surface area contributed by atoms with Gasteiger partial charge in [-0.25, -0.2) is 4.79 Å². The van der Waals surface area contributed by atoms with Crippen LogP contribution in [0.3, 0.4) is 0 Å². The second-order valence-electron chi connectivity index (χ2n) is 7.20. The summed E-state index contributed by atoms with van der Waals surface area (Å²) >= 11 is 0. The number of esters is 1. The first-order valence-electron chi connectivity index (χ1n) is 9.07. The molecule has 3 aromatic rings. The zero-order chi connectivity index (χ0) is 20.5. The first-order chi connectivity index (χ1) is 13.3. The van der Waals surface area contributed by atoms with Crippen molar-refractivity contribution in [2.24, 2.45) is 11.5 Å². The highest BCUT2D eigenvalue weighted by molar-refractivity contribution is 5.92. The van der Waals surface area contributed by atoms with Crippen molar-refractivity contribution in [3.8, 4) is 0 Å². The zero-order valence-corrected chi connectivity index (χ0v) is 16.4. The molecule has 6 nitrogen and oxygen atoms in total. The van der Waals surface area contributed by atoms with Crippen molar-refractivity contribution >= 4 is 22.8 Å². The molecule has 0 fully saturated rings. The summed E-state index contributed by atoms with van der Waals surface area (Å²) in [6.07, 6.45) is 0.118. The van der Waals surface area contributed by atoms with Crippen molar-refractivity contribution in [2.45, 2.75) is 32.4 Å². The Morgan fingerprint density at radius 2 is 1.82 bits per heavy atom. The molecule has 4 N–H and O–H groups in total. The largest absolute Gasteiger partial charge is 0.467 e. The summed E-state index contributed by atoms with van der Waals surface area (Å²) in [4.78, 5) is 23.8. The van der Waals surface area contributed by atoms with E-state index < -0.39 is 17.4 Å². The van der Waals surface area contributed by atoms with Crippen LogP contribution in [-0.4, -0.2) is 23.6 Å². The maximum absolute atomic E-state index is 12.1. The van der Waals surface area contributed by atoms with Crippen molar-refractivity contribution < 1.29 is 14.3 Å². The molecule has 2 aromatic carbocycles. The molecule has 6 heteroatoms. The van der Waals surface area contributed by atoms with E-state index in [0.717, 1.165) is 27.7 Å². The molecule has 28 heavy (non-hydrogen) atoms. The van der Waals surface area contributed by atoms with Crippen LogP contribution in [0.2, 0.25) is 0 Å². The topological polar surface area (TPSA) is 100 Å². The van der Waals surface area contributed by atoms with E-state index in [9.17, 15) is 9.59 Å². The highest BCUT2D eigenvalue weighted by Gasteiger charge is 2.32. The predicted molar refractivity (Wildman–Crippen MR) is 109 cm³/mol. The van der Waals surface area contributed by atoms with Crippen molar-refractivity contribution in [1.29, 1.82) is 0 Å². The first kappa shape index (κ1) is 19.6. The number of fused-ring (bicyclic) bond motifs is 1. The van der Waals surface area contributed by atoms with E-state index in [0.29, 0.717) is 12.1 Å². The molecule has 0 saturated heterocycles. The van der Waals surface area contributed by atoms with Crippen LogP contribution < -0.4 is 11.5 Å². The van der Waals surface area contributed by atoms with E-state index in [4.69, 9.17) is 16.2 Å². The molecule has 1 heterocycles. The van der Waals surface area contributed by atoms with Crippen molar-refractivity contribution in [3.63, 3.8) is 0 Å². The number of methoxy groups -OCH3 is 1. The Balaban J connectivity index is 2.19. The van der Waals surface area contributed by atoms with E-state index in [1.54, 1.807) is 6.92 Å². The second kappa shape index (κ2) is 7.48. The first-order valence-corrected chi connectivity index (χ1v) is 9.07. The number of ether oxygens (including phenoxy) is 1. The number of amides is 1. The normalized spacial score (nSPS) is 13.3. The Hall–Kier alpha value is -3.12. The number of carbonyl (C=O) groups is 2. The minimum Gasteiger partial charge on any atom is -0.467 e. The average Bonchev–Trinajstić information content (AvgIpc) is 2.93. The fraction of sp³-hybridized carbons (Fsp3) is 0.273. The van der Waals surface area contributed by atoms with Crippen LogP contribution in [0, 0.1) is 6.92 Å². The smallest absolute Gasteiger partial charge is 0.330 e. The molecular formula is C22H25N3O3. The summed E-state index contributed by atoms with van der Waals surface area (Å²) in [6.45, 7) is 4.25. The van der Waals surface area contributed by atoms with E-state index >= 15 is 0 Å². The van der Waals surface area contributed by atoms with Gasteiger partial charge >= 0.3 is 5.97 Å². The van der Waals surface area contributed by atoms with Crippen LogP contribution in [0.25, 0.3) is 10.9 Å². The third-order valence-electron chi connectivity index (χ3n) is 5.20. The van der Waals surface area contributed by atoms with Gasteiger partial charge in [-0.05, 0) is 42.7 Å². The molecule has 0 aliphatic heterocycles. The van der Waals surface area contributed by atoms with Crippen LogP contribution >= 0.6 is 0 Å². The molecule has 0 radical (unpaired) electrons. The summed E-state index contributed by atoms with van der Waals surface area (Å²) in [5, 5.41) is 0.866. The maximum Gasteiger partial charge on any atom is 0.330 e. The minimum atomic E-state index is -1.29. The van der Waals surface area contributed by atoms with Crippen molar-refractivity contribution in [1.82, 2.24) is 4.57 Å². The lowest BCUT2D eigenvalue weighted by Crippen LogP contribution is -2.42. The molecule has 0 saturated carbocycles. The molecular weight excluding hydrogens is 354 g/mol. The number of nitrogens with zero attached hydrogens (tertiary/aromatic N) is 1. The summed E-state index contributed by atoms with van der Waals surface area (Å²) in [5.41, 5.74) is 15.0. The van der Waals surface area contributed by atoms with E-state index in [-0.39, 0.29) is 6.42 Å². The second-order valence-corrected chi connectivity index (χ2v) is 7.20. The predicted octanol–water partition coefficient (Wildman–Crippen LogP) is 2.37. The highest BCUT2D eigenvalue weighted by atomic mass is 16.5. The Kier molecular flexibility index (Phi) is 5.25. The standard InChI is InChI=1S/C22H25N3O3/c1-14-17(12-20(23)26)18-11-16(22(2,24)21(27)28-3)9-10-19(18)25(14)13-15-7-5-4-6-8-15/h4-11H,12-13,24H2,1-3H3,(H2,23,26). The van der Waals surface area contributed by atoms with Crippen LogP contribution in [-0.2, 0) is 32.8 Å². The quantitative estimate of drug-likeness (QED) is 0.642. The molecule has 1 atom stereocenters. The van der Waals surface area contributed by atoms with Gasteiger partial charge in [0, 0.05) is 23.1 Å². The number of rotatable bonds is 6. The number of benzene rings is 2. The molecule has 0 aliphatic carbocycles. The zero-order valence-electron chi connectivity index (χ0n) is 16.4. The van der Waals surface area contributed by atoms with E-state index in [1.165, 1.54) is 7.11 Å². The van der Waals surface area contributed by atoms with Gasteiger partial charge in [0.2, 0.25) is 5.91 Å². The molecule has 3 rings (SSSR count). The van der Waals surface area contributed by atoms with Gasteiger partial charge in [-0.15, -0.1) is 0 Å². The molecule has 146 valence electrons. The van der Waals surface area contributed by atoms with Crippen molar-refractivity contribution in [3.05, 3.63) is 70.9 Å². The summed E-state index contributed by atoms with van der Waals surface area (Å²) in [6, 6.07) is 15.7. The molecule has 1 unspecified atom stereocenters. The summed E-state index contributed by atoms with van der Waals surface area (Å²) in [7, 11) is 1.31. The van der Waals surface area contributed by atoms with Gasteiger partial charge in [0.05, 0.1) is 13.5 Å². The lowest BCUT2D eigenvalue weighted by Gasteiger charge is -2.22. The number of nitrogens with two attached hydrogens (primary N) is 2. The summed E-state index contributed by atoms with van der Waals surface area (Å²) < 4.78 is 6.99. The molecule has 0 aliphatic rings. The van der Waals surface area contributed by atoms with Gasteiger partial charge in [-0.2, -0.15) is 0 Å². The van der Waals surface area contributed by atoms with Gasteiger partial charge < -0.3 is 20.8 Å². The minimum absolute atomic E-state index is 0.118. The Bertz CT molecular complexity index is 1040. The number of hydrogen-bond donors (Lipinski definition) is 2. The summed E-state index contributed by atoms with van der Waals surface area (Å²) in [5.74, 6) is -0.931. The van der Waals surface area contributed by atoms with Gasteiger partial charge in [0.15, 0.2) is 0 Å². The monoisotopic (exact) mass is 379 g/mol. The Labute approximate surface area is 164 Å².